The monoisotopic (exact) mass is 346 g/mol. The molecule has 2 atom stereocenters. The zero-order valence-corrected chi connectivity index (χ0v) is 13.9. The summed E-state index contributed by atoms with van der Waals surface area (Å²) in [6.45, 7) is 2.52. The van der Waals surface area contributed by atoms with Crippen molar-refractivity contribution in [3.63, 3.8) is 0 Å². The number of piperazine rings is 1. The number of anilines is 1. The van der Waals surface area contributed by atoms with Gasteiger partial charge in [-0.3, -0.25) is 4.90 Å². The summed E-state index contributed by atoms with van der Waals surface area (Å²) in [5, 5.41) is 0. The van der Waals surface area contributed by atoms with Crippen LogP contribution in [0.4, 0.5) is 18.9 Å². The Kier molecular flexibility index (Phi) is 4.20. The molecule has 0 saturated carbocycles. The van der Waals surface area contributed by atoms with Gasteiger partial charge < -0.3 is 4.90 Å². The van der Waals surface area contributed by atoms with Gasteiger partial charge in [0.15, 0.2) is 0 Å². The van der Waals surface area contributed by atoms with Crippen LogP contribution < -0.4 is 4.90 Å². The predicted molar refractivity (Wildman–Crippen MR) is 92.5 cm³/mol. The Morgan fingerprint density at radius 1 is 0.880 bits per heavy atom. The minimum Gasteiger partial charge on any atom is -0.368 e. The minimum absolute atomic E-state index is 0.411. The molecule has 25 heavy (non-hydrogen) atoms. The number of benzene rings is 2. The Hall–Kier alpha value is -2.01. The lowest BCUT2D eigenvalue weighted by Gasteiger charge is -2.42. The van der Waals surface area contributed by atoms with E-state index in [0.29, 0.717) is 17.8 Å². The van der Waals surface area contributed by atoms with Crippen molar-refractivity contribution in [3.05, 3.63) is 65.7 Å². The molecule has 0 aromatic heterocycles. The first-order chi connectivity index (χ1) is 12.0. The second-order valence-corrected chi connectivity index (χ2v) is 7.00. The zero-order valence-electron chi connectivity index (χ0n) is 13.9. The van der Waals surface area contributed by atoms with Gasteiger partial charge in [-0.2, -0.15) is 13.2 Å². The predicted octanol–water partition coefficient (Wildman–Crippen LogP) is 4.56. The highest BCUT2D eigenvalue weighted by Crippen LogP contribution is 2.36. The number of rotatable bonds is 3. The van der Waals surface area contributed by atoms with E-state index in [1.807, 2.05) is 6.07 Å². The summed E-state index contributed by atoms with van der Waals surface area (Å²) < 4.78 is 38.9. The number of hydrogen-bond acceptors (Lipinski definition) is 2. The Bertz CT molecular complexity index is 715. The van der Waals surface area contributed by atoms with Gasteiger partial charge in [-0.1, -0.05) is 36.4 Å². The van der Waals surface area contributed by atoms with Gasteiger partial charge in [0, 0.05) is 37.4 Å². The van der Waals surface area contributed by atoms with Gasteiger partial charge in [-0.05, 0) is 36.6 Å². The van der Waals surface area contributed by atoms with Crippen LogP contribution in [0.2, 0.25) is 0 Å². The maximum Gasteiger partial charge on any atom is 0.416 e. The molecule has 2 saturated heterocycles. The second kappa shape index (κ2) is 6.37. The van der Waals surface area contributed by atoms with E-state index in [9.17, 15) is 13.2 Å². The highest BCUT2D eigenvalue weighted by molar-refractivity contribution is 5.50. The van der Waals surface area contributed by atoms with Gasteiger partial charge in [0.05, 0.1) is 5.56 Å². The molecule has 2 bridgehead atoms. The Labute approximate surface area is 145 Å². The van der Waals surface area contributed by atoms with Gasteiger partial charge in [-0.15, -0.1) is 0 Å². The standard InChI is InChI=1S/C20H21F3N2/c21-20(22,23)16-7-4-8-17(11-16)24-13-18-9-10-19(14-24)25(18)12-15-5-2-1-3-6-15/h1-8,11,18-19H,9-10,12-14H2. The van der Waals surface area contributed by atoms with Crippen LogP contribution in [-0.4, -0.2) is 30.1 Å². The minimum atomic E-state index is -4.29. The van der Waals surface area contributed by atoms with E-state index < -0.39 is 11.7 Å². The molecule has 0 radical (unpaired) electrons. The summed E-state index contributed by atoms with van der Waals surface area (Å²) in [6, 6.07) is 16.9. The average Bonchev–Trinajstić information content (AvgIpc) is 2.83. The number of alkyl halides is 3. The SMILES string of the molecule is FC(F)(F)c1cccc(N2CC3CCC(C2)N3Cc2ccccc2)c1. The summed E-state index contributed by atoms with van der Waals surface area (Å²) in [7, 11) is 0. The fourth-order valence-corrected chi connectivity index (χ4v) is 4.13. The van der Waals surface area contributed by atoms with Gasteiger partial charge in [-0.25, -0.2) is 0 Å². The molecule has 2 aromatic carbocycles. The Morgan fingerprint density at radius 2 is 1.56 bits per heavy atom. The molecule has 0 N–H and O–H groups in total. The third-order valence-corrected chi connectivity index (χ3v) is 5.38. The fourth-order valence-electron chi connectivity index (χ4n) is 4.13. The fraction of sp³-hybridized carbons (Fsp3) is 0.400. The maximum atomic E-state index is 13.0. The molecule has 132 valence electrons. The van der Waals surface area contributed by atoms with Crippen LogP contribution in [0, 0.1) is 0 Å². The van der Waals surface area contributed by atoms with Crippen LogP contribution in [-0.2, 0) is 12.7 Å². The molecular formula is C20H21F3N2. The molecule has 2 aliphatic heterocycles. The summed E-state index contributed by atoms with van der Waals surface area (Å²) in [6.07, 6.45) is -2.05. The molecule has 0 spiro atoms. The highest BCUT2D eigenvalue weighted by atomic mass is 19.4. The van der Waals surface area contributed by atoms with E-state index in [0.717, 1.165) is 38.5 Å². The Morgan fingerprint density at radius 3 is 2.20 bits per heavy atom. The molecule has 4 rings (SSSR count). The van der Waals surface area contributed by atoms with Gasteiger partial charge >= 0.3 is 6.18 Å². The lowest BCUT2D eigenvalue weighted by atomic mass is 10.1. The summed E-state index contributed by atoms with van der Waals surface area (Å²) in [4.78, 5) is 4.65. The third kappa shape index (κ3) is 3.38. The molecule has 5 heteroatoms. The van der Waals surface area contributed by atoms with Crippen molar-refractivity contribution in [2.24, 2.45) is 0 Å². The molecule has 2 aliphatic rings. The van der Waals surface area contributed by atoms with Crippen molar-refractivity contribution >= 4 is 5.69 Å². The molecule has 2 heterocycles. The van der Waals surface area contributed by atoms with Crippen molar-refractivity contribution in [2.45, 2.75) is 37.6 Å². The summed E-state index contributed by atoms with van der Waals surface area (Å²) in [5.41, 5.74) is 1.42. The van der Waals surface area contributed by atoms with Crippen LogP contribution in [0.3, 0.4) is 0 Å². The first-order valence-electron chi connectivity index (χ1n) is 8.72. The number of nitrogens with zero attached hydrogens (tertiary/aromatic N) is 2. The van der Waals surface area contributed by atoms with E-state index in [2.05, 4.69) is 34.1 Å². The van der Waals surface area contributed by atoms with E-state index in [4.69, 9.17) is 0 Å². The largest absolute Gasteiger partial charge is 0.416 e. The molecule has 0 amide bonds. The van der Waals surface area contributed by atoms with Crippen LogP contribution >= 0.6 is 0 Å². The van der Waals surface area contributed by atoms with Crippen LogP contribution in [0.5, 0.6) is 0 Å². The summed E-state index contributed by atoms with van der Waals surface area (Å²) >= 11 is 0. The summed E-state index contributed by atoms with van der Waals surface area (Å²) in [5.74, 6) is 0. The molecule has 0 aliphatic carbocycles. The van der Waals surface area contributed by atoms with Crippen LogP contribution in [0.25, 0.3) is 0 Å². The van der Waals surface area contributed by atoms with E-state index in [1.165, 1.54) is 17.7 Å². The molecule has 2 aromatic rings. The van der Waals surface area contributed by atoms with Gasteiger partial charge in [0.25, 0.3) is 0 Å². The molecule has 2 nitrogen and oxygen atoms in total. The molecule has 2 fully saturated rings. The first-order valence-corrected chi connectivity index (χ1v) is 8.72. The smallest absolute Gasteiger partial charge is 0.368 e. The van der Waals surface area contributed by atoms with Crippen LogP contribution in [0.1, 0.15) is 24.0 Å². The van der Waals surface area contributed by atoms with Gasteiger partial charge in [0.2, 0.25) is 0 Å². The third-order valence-electron chi connectivity index (χ3n) is 5.38. The van der Waals surface area contributed by atoms with Crippen molar-refractivity contribution in [3.8, 4) is 0 Å². The van der Waals surface area contributed by atoms with E-state index >= 15 is 0 Å². The maximum absolute atomic E-state index is 13.0. The average molecular weight is 346 g/mol. The lowest BCUT2D eigenvalue weighted by molar-refractivity contribution is -0.137. The van der Waals surface area contributed by atoms with Crippen molar-refractivity contribution in [1.29, 1.82) is 0 Å². The number of halogens is 3. The van der Waals surface area contributed by atoms with Crippen molar-refractivity contribution < 1.29 is 13.2 Å². The lowest BCUT2D eigenvalue weighted by Crippen LogP contribution is -2.53. The van der Waals surface area contributed by atoms with E-state index in [1.54, 1.807) is 6.07 Å². The normalized spacial score (nSPS) is 23.9. The van der Waals surface area contributed by atoms with Crippen molar-refractivity contribution in [2.75, 3.05) is 18.0 Å². The van der Waals surface area contributed by atoms with Crippen LogP contribution in [0.15, 0.2) is 54.6 Å². The second-order valence-electron chi connectivity index (χ2n) is 7.00. The van der Waals surface area contributed by atoms with E-state index in [-0.39, 0.29) is 0 Å². The topological polar surface area (TPSA) is 6.48 Å². The zero-order chi connectivity index (χ0) is 17.4. The quantitative estimate of drug-likeness (QED) is 0.804. The highest BCUT2D eigenvalue weighted by Gasteiger charge is 2.40. The molecule has 2 unspecified atom stereocenters. The van der Waals surface area contributed by atoms with Crippen molar-refractivity contribution in [1.82, 2.24) is 4.90 Å². The first kappa shape index (κ1) is 16.5. The Balaban J connectivity index is 1.50. The van der Waals surface area contributed by atoms with Gasteiger partial charge in [0.1, 0.15) is 0 Å². The number of hydrogen-bond donors (Lipinski definition) is 0. The molecular weight excluding hydrogens is 325 g/mol. The number of fused-ring (bicyclic) bond motifs is 2.